The van der Waals surface area contributed by atoms with Crippen LogP contribution in [0, 0.1) is 0 Å². The Kier molecular flexibility index (Phi) is 4.94. The van der Waals surface area contributed by atoms with Gasteiger partial charge in [-0.25, -0.2) is 4.79 Å². The van der Waals surface area contributed by atoms with Crippen LogP contribution in [0.4, 0.5) is 0 Å². The van der Waals surface area contributed by atoms with Crippen LogP contribution in [0.3, 0.4) is 0 Å². The number of hydrogen-bond acceptors (Lipinski definition) is 5. The predicted molar refractivity (Wildman–Crippen MR) is 79.3 cm³/mol. The maximum atomic E-state index is 11.7. The van der Waals surface area contributed by atoms with E-state index in [9.17, 15) is 9.59 Å². The van der Waals surface area contributed by atoms with Crippen LogP contribution in [0.15, 0.2) is 41.8 Å². The summed E-state index contributed by atoms with van der Waals surface area (Å²) in [5.74, 6) is -0.897. The van der Waals surface area contributed by atoms with Crippen molar-refractivity contribution in [3.63, 3.8) is 0 Å². The van der Waals surface area contributed by atoms with Crippen LogP contribution in [0.1, 0.15) is 28.2 Å². The van der Waals surface area contributed by atoms with E-state index in [0.29, 0.717) is 0 Å². The first-order valence-corrected chi connectivity index (χ1v) is 7.23. The molecule has 0 aliphatic carbocycles. The van der Waals surface area contributed by atoms with Gasteiger partial charge in [-0.3, -0.25) is 4.79 Å². The zero-order chi connectivity index (χ0) is 15.2. The van der Waals surface area contributed by atoms with Gasteiger partial charge in [0.25, 0.3) is 5.91 Å². The Morgan fingerprint density at radius 2 is 2.00 bits per heavy atom. The molecule has 0 radical (unpaired) electrons. The van der Waals surface area contributed by atoms with Crippen LogP contribution in [0.25, 0.3) is 0 Å². The van der Waals surface area contributed by atoms with E-state index in [1.807, 2.05) is 24.4 Å². The fourth-order valence-electron chi connectivity index (χ4n) is 1.70. The quantitative estimate of drug-likeness (QED) is 0.832. The minimum Gasteiger partial charge on any atom is -0.508 e. The highest BCUT2D eigenvalue weighted by Gasteiger charge is 2.13. The summed E-state index contributed by atoms with van der Waals surface area (Å²) in [5, 5.41) is 13.8. The Hall–Kier alpha value is -2.34. The Bertz CT molecular complexity index is 607. The summed E-state index contributed by atoms with van der Waals surface area (Å²) in [7, 11) is 0. The fraction of sp³-hybridized carbons (Fsp3) is 0.200. The number of thiophene rings is 1. The summed E-state index contributed by atoms with van der Waals surface area (Å²) >= 11 is 1.55. The minimum absolute atomic E-state index is 0.0639. The zero-order valence-corrected chi connectivity index (χ0v) is 12.2. The van der Waals surface area contributed by atoms with Gasteiger partial charge in [0.15, 0.2) is 6.61 Å². The van der Waals surface area contributed by atoms with Gasteiger partial charge in [0.1, 0.15) is 5.75 Å². The van der Waals surface area contributed by atoms with Gasteiger partial charge >= 0.3 is 5.97 Å². The number of phenolic OH excluding ortho intramolecular Hbond substituents is 1. The minimum atomic E-state index is -0.603. The number of rotatable bonds is 5. The highest BCUT2D eigenvalue weighted by molar-refractivity contribution is 7.10. The van der Waals surface area contributed by atoms with E-state index >= 15 is 0 Å². The van der Waals surface area contributed by atoms with E-state index < -0.39 is 5.97 Å². The Morgan fingerprint density at radius 3 is 2.62 bits per heavy atom. The molecule has 0 bridgehead atoms. The van der Waals surface area contributed by atoms with Gasteiger partial charge in [0.05, 0.1) is 11.6 Å². The lowest BCUT2D eigenvalue weighted by molar-refractivity contribution is -0.124. The second kappa shape index (κ2) is 6.90. The first-order chi connectivity index (χ1) is 10.1. The summed E-state index contributed by atoms with van der Waals surface area (Å²) in [6, 6.07) is 9.36. The molecule has 0 unspecified atom stereocenters. The number of aromatic hydroxyl groups is 1. The predicted octanol–water partition coefficient (Wildman–Crippen LogP) is 2.49. The van der Waals surface area contributed by atoms with Gasteiger partial charge in [-0.1, -0.05) is 6.07 Å². The van der Waals surface area contributed by atoms with Crippen molar-refractivity contribution in [1.29, 1.82) is 0 Å². The Labute approximate surface area is 126 Å². The number of benzene rings is 1. The van der Waals surface area contributed by atoms with E-state index in [1.165, 1.54) is 24.3 Å². The maximum Gasteiger partial charge on any atom is 0.338 e. The largest absolute Gasteiger partial charge is 0.508 e. The van der Waals surface area contributed by atoms with E-state index in [1.54, 1.807) is 11.3 Å². The molecule has 0 fully saturated rings. The van der Waals surface area contributed by atoms with Gasteiger partial charge < -0.3 is 15.2 Å². The van der Waals surface area contributed by atoms with Gasteiger partial charge in [0.2, 0.25) is 0 Å². The number of hydrogen-bond donors (Lipinski definition) is 2. The molecule has 2 rings (SSSR count). The van der Waals surface area contributed by atoms with Gasteiger partial charge in [0, 0.05) is 4.88 Å². The first kappa shape index (κ1) is 15.1. The smallest absolute Gasteiger partial charge is 0.338 e. The number of carbonyl (C=O) groups excluding carboxylic acids is 2. The molecule has 0 saturated carbocycles. The summed E-state index contributed by atoms with van der Waals surface area (Å²) in [6.07, 6.45) is 0. The molecule has 1 aromatic heterocycles. The van der Waals surface area contributed by atoms with Crippen molar-refractivity contribution in [2.75, 3.05) is 6.61 Å². The third kappa shape index (κ3) is 4.32. The molecule has 0 saturated heterocycles. The molecule has 6 heteroatoms. The standard InChI is InChI=1S/C15H15NO4S/c1-10(13-3-2-8-21-13)16-14(18)9-20-15(19)11-4-6-12(17)7-5-11/h2-8,10,17H,9H2,1H3,(H,16,18)/t10-/m1/s1. The lowest BCUT2D eigenvalue weighted by Crippen LogP contribution is -2.30. The number of phenols is 1. The summed E-state index contributed by atoms with van der Waals surface area (Å²) in [5.41, 5.74) is 0.284. The molecular weight excluding hydrogens is 290 g/mol. The molecule has 2 N–H and O–H groups in total. The molecule has 21 heavy (non-hydrogen) atoms. The fourth-order valence-corrected chi connectivity index (χ4v) is 2.44. The van der Waals surface area contributed by atoms with Crippen molar-refractivity contribution in [1.82, 2.24) is 5.32 Å². The van der Waals surface area contributed by atoms with Gasteiger partial charge in [-0.05, 0) is 42.6 Å². The average molecular weight is 305 g/mol. The van der Waals surface area contributed by atoms with Crippen molar-refractivity contribution < 1.29 is 19.4 Å². The van der Waals surface area contributed by atoms with Crippen LogP contribution in [0.5, 0.6) is 5.75 Å². The molecule has 110 valence electrons. The number of ether oxygens (including phenoxy) is 1. The summed E-state index contributed by atoms with van der Waals surface area (Å²) in [6.45, 7) is 1.53. The lowest BCUT2D eigenvalue weighted by atomic mass is 10.2. The van der Waals surface area contributed by atoms with Crippen LogP contribution < -0.4 is 5.32 Å². The highest BCUT2D eigenvalue weighted by Crippen LogP contribution is 2.17. The average Bonchev–Trinajstić information content (AvgIpc) is 3.00. The summed E-state index contributed by atoms with van der Waals surface area (Å²) in [4.78, 5) is 24.4. The molecule has 1 aromatic carbocycles. The van der Waals surface area contributed by atoms with Crippen molar-refractivity contribution in [2.24, 2.45) is 0 Å². The Balaban J connectivity index is 1.81. The molecule has 0 aliphatic rings. The maximum absolute atomic E-state index is 11.7. The van der Waals surface area contributed by atoms with E-state index in [-0.39, 0.29) is 29.9 Å². The van der Waals surface area contributed by atoms with Crippen molar-refractivity contribution in [3.8, 4) is 5.75 Å². The van der Waals surface area contributed by atoms with Gasteiger partial charge in [-0.15, -0.1) is 11.3 Å². The summed E-state index contributed by atoms with van der Waals surface area (Å²) < 4.78 is 4.92. The van der Waals surface area contributed by atoms with E-state index in [2.05, 4.69) is 5.32 Å². The van der Waals surface area contributed by atoms with E-state index in [0.717, 1.165) is 4.88 Å². The molecular formula is C15H15NO4S. The molecule has 0 aliphatic heterocycles. The second-order valence-electron chi connectivity index (χ2n) is 4.43. The number of carbonyl (C=O) groups is 2. The molecule has 0 spiro atoms. The SMILES string of the molecule is C[C@@H](NC(=O)COC(=O)c1ccc(O)cc1)c1cccs1. The third-order valence-electron chi connectivity index (χ3n) is 2.78. The highest BCUT2D eigenvalue weighted by atomic mass is 32.1. The van der Waals surface area contributed by atoms with Crippen molar-refractivity contribution in [2.45, 2.75) is 13.0 Å². The lowest BCUT2D eigenvalue weighted by Gasteiger charge is -2.12. The van der Waals surface area contributed by atoms with Crippen molar-refractivity contribution >= 4 is 23.2 Å². The number of amides is 1. The van der Waals surface area contributed by atoms with Crippen LogP contribution in [-0.2, 0) is 9.53 Å². The van der Waals surface area contributed by atoms with Crippen LogP contribution in [-0.4, -0.2) is 23.6 Å². The molecule has 1 heterocycles. The monoisotopic (exact) mass is 305 g/mol. The van der Waals surface area contributed by atoms with E-state index in [4.69, 9.17) is 9.84 Å². The Morgan fingerprint density at radius 1 is 1.29 bits per heavy atom. The number of esters is 1. The van der Waals surface area contributed by atoms with Crippen molar-refractivity contribution in [3.05, 3.63) is 52.2 Å². The third-order valence-corrected chi connectivity index (χ3v) is 3.84. The molecule has 1 amide bonds. The van der Waals surface area contributed by atoms with Gasteiger partial charge in [-0.2, -0.15) is 0 Å². The van der Waals surface area contributed by atoms with Crippen LogP contribution >= 0.6 is 11.3 Å². The number of nitrogens with one attached hydrogen (secondary N) is 1. The molecule has 2 aromatic rings. The zero-order valence-electron chi connectivity index (χ0n) is 11.4. The second-order valence-corrected chi connectivity index (χ2v) is 5.41. The molecule has 5 nitrogen and oxygen atoms in total. The first-order valence-electron chi connectivity index (χ1n) is 6.35. The van der Waals surface area contributed by atoms with Crippen LogP contribution in [0.2, 0.25) is 0 Å². The normalized spacial score (nSPS) is 11.7. The topological polar surface area (TPSA) is 75.6 Å². The molecule has 1 atom stereocenters.